The van der Waals surface area contributed by atoms with Crippen LogP contribution in [-0.4, -0.2) is 42.1 Å². The van der Waals surface area contributed by atoms with E-state index in [9.17, 15) is 9.59 Å². The van der Waals surface area contributed by atoms with E-state index in [1.807, 2.05) is 0 Å². The minimum Gasteiger partial charge on any atom is -0.481 e. The van der Waals surface area contributed by atoms with Crippen molar-refractivity contribution in [1.29, 1.82) is 0 Å². The third kappa shape index (κ3) is 3.15. The van der Waals surface area contributed by atoms with Crippen LogP contribution < -0.4 is 5.32 Å². The molecule has 2 bridgehead atoms. The van der Waals surface area contributed by atoms with Crippen LogP contribution in [-0.2, 0) is 4.79 Å². The van der Waals surface area contributed by atoms with Crippen molar-refractivity contribution < 1.29 is 14.7 Å². The lowest BCUT2D eigenvalue weighted by atomic mass is 9.89. The normalized spacial score (nSPS) is 29.3. The van der Waals surface area contributed by atoms with Gasteiger partial charge >= 0.3 is 12.0 Å². The highest BCUT2D eigenvalue weighted by molar-refractivity contribution is 5.74. The molecule has 102 valence electrons. The minimum absolute atomic E-state index is 0.00194. The van der Waals surface area contributed by atoms with Gasteiger partial charge < -0.3 is 15.3 Å². The van der Waals surface area contributed by atoms with Crippen LogP contribution in [0.25, 0.3) is 0 Å². The number of carbonyl (C=O) groups excluding carboxylic acids is 1. The molecular weight excluding hydrogens is 232 g/mol. The van der Waals surface area contributed by atoms with Crippen molar-refractivity contribution in [3.8, 4) is 0 Å². The summed E-state index contributed by atoms with van der Waals surface area (Å²) in [5.74, 6) is 1.46. The van der Waals surface area contributed by atoms with Crippen LogP contribution in [0, 0.1) is 17.8 Å². The van der Waals surface area contributed by atoms with Gasteiger partial charge in [0.05, 0.1) is 6.42 Å². The molecule has 3 unspecified atom stereocenters. The Labute approximate surface area is 108 Å². The second-order valence-electron chi connectivity index (χ2n) is 5.69. The number of fused-ring (bicyclic) bond motifs is 2. The van der Waals surface area contributed by atoms with Crippen molar-refractivity contribution in [3.63, 3.8) is 0 Å². The van der Waals surface area contributed by atoms with Crippen LogP contribution in [0.2, 0.25) is 0 Å². The first-order valence-corrected chi connectivity index (χ1v) is 6.77. The van der Waals surface area contributed by atoms with Gasteiger partial charge in [0.1, 0.15) is 0 Å². The number of carboxylic acid groups (broad SMARTS) is 1. The maximum atomic E-state index is 11.7. The molecule has 0 saturated heterocycles. The van der Waals surface area contributed by atoms with E-state index in [4.69, 9.17) is 5.11 Å². The van der Waals surface area contributed by atoms with E-state index in [1.165, 1.54) is 30.6 Å². The minimum atomic E-state index is -0.872. The Balaban J connectivity index is 1.66. The predicted molar refractivity (Wildman–Crippen MR) is 67.2 cm³/mol. The highest BCUT2D eigenvalue weighted by atomic mass is 16.4. The van der Waals surface area contributed by atoms with Gasteiger partial charge in [-0.15, -0.1) is 0 Å². The second kappa shape index (κ2) is 5.59. The molecule has 3 atom stereocenters. The number of urea groups is 1. The lowest BCUT2D eigenvalue weighted by molar-refractivity contribution is -0.137. The van der Waals surface area contributed by atoms with Gasteiger partial charge in [-0.25, -0.2) is 4.79 Å². The van der Waals surface area contributed by atoms with E-state index in [2.05, 4.69) is 5.32 Å². The van der Waals surface area contributed by atoms with Crippen molar-refractivity contribution in [1.82, 2.24) is 10.2 Å². The van der Waals surface area contributed by atoms with Crippen molar-refractivity contribution >= 4 is 12.0 Å². The first kappa shape index (κ1) is 13.2. The van der Waals surface area contributed by atoms with Gasteiger partial charge in [-0.3, -0.25) is 4.79 Å². The third-order valence-corrected chi connectivity index (χ3v) is 4.41. The molecule has 18 heavy (non-hydrogen) atoms. The van der Waals surface area contributed by atoms with Gasteiger partial charge in [-0.1, -0.05) is 6.42 Å². The molecule has 0 radical (unpaired) electrons. The number of hydrogen-bond donors (Lipinski definition) is 2. The molecule has 0 aromatic rings. The van der Waals surface area contributed by atoms with Gasteiger partial charge in [0, 0.05) is 20.1 Å². The Kier molecular flexibility index (Phi) is 4.09. The fourth-order valence-electron chi connectivity index (χ4n) is 3.34. The zero-order chi connectivity index (χ0) is 13.1. The summed E-state index contributed by atoms with van der Waals surface area (Å²) in [4.78, 5) is 23.6. The molecule has 0 aromatic carbocycles. The van der Waals surface area contributed by atoms with Crippen LogP contribution in [0.1, 0.15) is 32.1 Å². The average molecular weight is 254 g/mol. The SMILES string of the molecule is CN(CCC(=O)O)C(=O)NCC1CC2CCC1C2. The summed E-state index contributed by atoms with van der Waals surface area (Å²) >= 11 is 0. The van der Waals surface area contributed by atoms with Gasteiger partial charge in [-0.05, 0) is 37.0 Å². The summed E-state index contributed by atoms with van der Waals surface area (Å²) in [6.07, 6.45) is 5.28. The van der Waals surface area contributed by atoms with Crippen LogP contribution >= 0.6 is 0 Å². The molecule has 5 heteroatoms. The molecule has 0 aliphatic heterocycles. The van der Waals surface area contributed by atoms with E-state index in [-0.39, 0.29) is 19.0 Å². The molecule has 0 aromatic heterocycles. The monoisotopic (exact) mass is 254 g/mol. The summed E-state index contributed by atoms with van der Waals surface area (Å²) in [6, 6.07) is -0.154. The fraction of sp³-hybridized carbons (Fsp3) is 0.846. The van der Waals surface area contributed by atoms with E-state index in [0.29, 0.717) is 5.92 Å². The Morgan fingerprint density at radius 2 is 2.11 bits per heavy atom. The molecule has 0 heterocycles. The molecule has 2 N–H and O–H groups in total. The number of carbonyl (C=O) groups is 2. The lowest BCUT2D eigenvalue weighted by Gasteiger charge is -2.24. The maximum Gasteiger partial charge on any atom is 0.317 e. The highest BCUT2D eigenvalue weighted by Crippen LogP contribution is 2.47. The predicted octanol–water partition coefficient (Wildman–Crippen LogP) is 1.54. The smallest absolute Gasteiger partial charge is 0.317 e. The average Bonchev–Trinajstić information content (AvgIpc) is 2.94. The quantitative estimate of drug-likeness (QED) is 0.782. The summed E-state index contributed by atoms with van der Waals surface area (Å²) in [5.41, 5.74) is 0. The van der Waals surface area contributed by atoms with E-state index >= 15 is 0 Å². The standard InChI is InChI=1S/C13H22N2O3/c1-15(5-4-12(16)17)13(18)14-8-11-7-9-2-3-10(11)6-9/h9-11H,2-8H2,1H3,(H,14,18)(H,16,17). The second-order valence-corrected chi connectivity index (χ2v) is 5.69. The third-order valence-electron chi connectivity index (χ3n) is 4.41. The zero-order valence-corrected chi connectivity index (χ0v) is 10.9. The Bertz CT molecular complexity index is 332. The molecule has 2 amide bonds. The number of nitrogens with one attached hydrogen (secondary N) is 1. The Morgan fingerprint density at radius 3 is 2.67 bits per heavy atom. The molecular formula is C13H22N2O3. The summed E-state index contributed by atoms with van der Waals surface area (Å²) < 4.78 is 0. The number of rotatable bonds is 5. The molecule has 2 aliphatic carbocycles. The molecule has 2 saturated carbocycles. The van der Waals surface area contributed by atoms with Crippen LogP contribution in [0.4, 0.5) is 4.79 Å². The molecule has 5 nitrogen and oxygen atoms in total. The number of carboxylic acids is 1. The van der Waals surface area contributed by atoms with Crippen molar-refractivity contribution in [2.45, 2.75) is 32.1 Å². The van der Waals surface area contributed by atoms with Crippen molar-refractivity contribution in [3.05, 3.63) is 0 Å². The molecule has 0 spiro atoms. The number of nitrogens with zero attached hydrogens (tertiary/aromatic N) is 1. The fourth-order valence-corrected chi connectivity index (χ4v) is 3.34. The van der Waals surface area contributed by atoms with Crippen molar-refractivity contribution in [2.24, 2.45) is 17.8 Å². The van der Waals surface area contributed by atoms with Gasteiger partial charge in [0.2, 0.25) is 0 Å². The Hall–Kier alpha value is -1.26. The number of hydrogen-bond acceptors (Lipinski definition) is 2. The van der Waals surface area contributed by atoms with Crippen LogP contribution in [0.3, 0.4) is 0 Å². The van der Waals surface area contributed by atoms with Crippen LogP contribution in [0.5, 0.6) is 0 Å². The summed E-state index contributed by atoms with van der Waals surface area (Å²) in [5, 5.41) is 11.5. The summed E-state index contributed by atoms with van der Waals surface area (Å²) in [7, 11) is 1.64. The van der Waals surface area contributed by atoms with Gasteiger partial charge in [0.15, 0.2) is 0 Å². The van der Waals surface area contributed by atoms with E-state index in [0.717, 1.165) is 18.4 Å². The molecule has 2 rings (SSSR count). The van der Waals surface area contributed by atoms with E-state index < -0.39 is 5.97 Å². The first-order chi connectivity index (χ1) is 8.56. The van der Waals surface area contributed by atoms with Gasteiger partial charge in [0.25, 0.3) is 0 Å². The highest BCUT2D eigenvalue weighted by Gasteiger charge is 2.39. The van der Waals surface area contributed by atoms with Crippen molar-refractivity contribution in [2.75, 3.05) is 20.1 Å². The van der Waals surface area contributed by atoms with Crippen LogP contribution in [0.15, 0.2) is 0 Å². The molecule has 2 aliphatic rings. The number of amides is 2. The largest absolute Gasteiger partial charge is 0.481 e. The summed E-state index contributed by atoms with van der Waals surface area (Å²) in [6.45, 7) is 1.01. The zero-order valence-electron chi connectivity index (χ0n) is 10.9. The Morgan fingerprint density at radius 1 is 1.33 bits per heavy atom. The first-order valence-electron chi connectivity index (χ1n) is 6.77. The lowest BCUT2D eigenvalue weighted by Crippen LogP contribution is -2.41. The van der Waals surface area contributed by atoms with Gasteiger partial charge in [-0.2, -0.15) is 0 Å². The maximum absolute atomic E-state index is 11.7. The number of aliphatic carboxylic acids is 1. The molecule has 2 fully saturated rings. The van der Waals surface area contributed by atoms with E-state index in [1.54, 1.807) is 7.05 Å². The topological polar surface area (TPSA) is 69.6 Å².